The number of carbonyl (C=O) groups is 2. The van der Waals surface area contributed by atoms with Crippen LogP contribution in [0, 0.1) is 0 Å². The van der Waals surface area contributed by atoms with Crippen molar-refractivity contribution in [3.63, 3.8) is 0 Å². The minimum atomic E-state index is -0.316. The van der Waals surface area contributed by atoms with Gasteiger partial charge in [-0.15, -0.1) is 0 Å². The first-order valence-corrected chi connectivity index (χ1v) is 6.80. The van der Waals surface area contributed by atoms with Crippen molar-refractivity contribution < 1.29 is 14.7 Å². The van der Waals surface area contributed by atoms with Crippen molar-refractivity contribution in [3.05, 3.63) is 34.3 Å². The topological polar surface area (TPSA) is 78.4 Å². The molecule has 1 aromatic rings. The van der Waals surface area contributed by atoms with Crippen LogP contribution in [-0.4, -0.2) is 36.1 Å². The van der Waals surface area contributed by atoms with Crippen molar-refractivity contribution in [3.8, 4) is 0 Å². The van der Waals surface area contributed by atoms with Crippen molar-refractivity contribution in [1.82, 2.24) is 10.6 Å². The van der Waals surface area contributed by atoms with Gasteiger partial charge in [-0.1, -0.05) is 28.9 Å². The van der Waals surface area contributed by atoms with Gasteiger partial charge in [0.25, 0.3) is 5.91 Å². The van der Waals surface area contributed by atoms with Crippen LogP contribution in [0.4, 0.5) is 0 Å². The summed E-state index contributed by atoms with van der Waals surface area (Å²) < 4.78 is 0.802. The van der Waals surface area contributed by atoms with Gasteiger partial charge >= 0.3 is 0 Å². The molecular formula is C13H17BrN2O3. The largest absolute Gasteiger partial charge is 0.394 e. The molecule has 0 saturated heterocycles. The predicted octanol–water partition coefficient (Wildman–Crippen LogP) is 1.07. The molecular weight excluding hydrogens is 312 g/mol. The van der Waals surface area contributed by atoms with Crippen molar-refractivity contribution in [2.75, 3.05) is 13.2 Å². The van der Waals surface area contributed by atoms with Gasteiger partial charge in [0.15, 0.2) is 0 Å². The van der Waals surface area contributed by atoms with Gasteiger partial charge in [0, 0.05) is 10.0 Å². The van der Waals surface area contributed by atoms with Gasteiger partial charge in [-0.2, -0.15) is 0 Å². The molecule has 5 nitrogen and oxygen atoms in total. The number of nitrogens with one attached hydrogen (secondary N) is 2. The van der Waals surface area contributed by atoms with Crippen molar-refractivity contribution in [2.24, 2.45) is 0 Å². The third-order valence-electron chi connectivity index (χ3n) is 2.57. The van der Waals surface area contributed by atoms with Crippen molar-refractivity contribution in [2.45, 2.75) is 19.4 Å². The molecule has 0 heterocycles. The zero-order valence-corrected chi connectivity index (χ0v) is 12.2. The van der Waals surface area contributed by atoms with Gasteiger partial charge in [0.2, 0.25) is 5.91 Å². The Labute approximate surface area is 120 Å². The maximum atomic E-state index is 11.8. The highest BCUT2D eigenvalue weighted by Gasteiger charge is 2.11. The van der Waals surface area contributed by atoms with Gasteiger partial charge in [-0.3, -0.25) is 9.59 Å². The maximum Gasteiger partial charge on any atom is 0.251 e. The molecule has 0 bridgehead atoms. The van der Waals surface area contributed by atoms with E-state index in [-0.39, 0.29) is 31.0 Å². The summed E-state index contributed by atoms with van der Waals surface area (Å²) in [5, 5.41) is 14.1. The number of benzene rings is 1. The summed E-state index contributed by atoms with van der Waals surface area (Å²) in [6, 6.07) is 6.64. The lowest BCUT2D eigenvalue weighted by atomic mass is 10.2. The van der Waals surface area contributed by atoms with Crippen LogP contribution in [0.15, 0.2) is 28.7 Å². The summed E-state index contributed by atoms with van der Waals surface area (Å²) in [6.45, 7) is 1.64. The molecule has 3 N–H and O–H groups in total. The van der Waals surface area contributed by atoms with Gasteiger partial charge in [-0.05, 0) is 24.6 Å². The molecule has 0 aliphatic carbocycles. The fraction of sp³-hybridized carbons (Fsp3) is 0.385. The van der Waals surface area contributed by atoms with Crippen molar-refractivity contribution in [1.29, 1.82) is 0 Å². The van der Waals surface area contributed by atoms with E-state index in [1.54, 1.807) is 18.2 Å². The number of aliphatic hydroxyl groups excluding tert-OH is 1. The molecule has 0 fully saturated rings. The zero-order chi connectivity index (χ0) is 14.3. The summed E-state index contributed by atoms with van der Waals surface area (Å²) in [6.07, 6.45) is 0.641. The average Bonchev–Trinajstić information content (AvgIpc) is 2.42. The molecule has 0 radical (unpaired) electrons. The highest BCUT2D eigenvalue weighted by molar-refractivity contribution is 9.10. The molecule has 1 rings (SSSR count). The van der Waals surface area contributed by atoms with Gasteiger partial charge in [-0.25, -0.2) is 0 Å². The second-order valence-corrected chi connectivity index (χ2v) is 4.96. The third kappa shape index (κ3) is 5.40. The molecule has 0 aromatic heterocycles. The Kier molecular flexibility index (Phi) is 6.52. The van der Waals surface area contributed by atoms with E-state index in [9.17, 15) is 9.59 Å². The van der Waals surface area contributed by atoms with E-state index in [0.29, 0.717) is 12.0 Å². The van der Waals surface area contributed by atoms with Crippen LogP contribution in [0.3, 0.4) is 0 Å². The minimum Gasteiger partial charge on any atom is -0.394 e. The summed E-state index contributed by atoms with van der Waals surface area (Å²) in [5.41, 5.74) is 0.483. The van der Waals surface area contributed by atoms with Crippen LogP contribution >= 0.6 is 15.9 Å². The van der Waals surface area contributed by atoms with Crippen LogP contribution in [0.25, 0.3) is 0 Å². The summed E-state index contributed by atoms with van der Waals surface area (Å²) >= 11 is 3.27. The predicted molar refractivity (Wildman–Crippen MR) is 75.8 cm³/mol. The highest BCUT2D eigenvalue weighted by atomic mass is 79.9. The van der Waals surface area contributed by atoms with Gasteiger partial charge < -0.3 is 15.7 Å². The lowest BCUT2D eigenvalue weighted by molar-refractivity contribution is -0.121. The number of aliphatic hydroxyl groups is 1. The molecule has 104 valence electrons. The van der Waals surface area contributed by atoms with E-state index in [2.05, 4.69) is 26.6 Å². The molecule has 0 unspecified atom stereocenters. The molecule has 2 amide bonds. The van der Waals surface area contributed by atoms with Gasteiger partial charge in [0.1, 0.15) is 0 Å². The van der Waals surface area contributed by atoms with Crippen LogP contribution in [0.5, 0.6) is 0 Å². The Morgan fingerprint density at radius 3 is 2.74 bits per heavy atom. The molecule has 0 aliphatic rings. The lowest BCUT2D eigenvalue weighted by Crippen LogP contribution is -2.43. The number of hydrogen-bond donors (Lipinski definition) is 3. The van der Waals surface area contributed by atoms with E-state index in [0.717, 1.165) is 4.47 Å². The molecule has 0 aliphatic heterocycles. The minimum absolute atomic E-state index is 0.109. The zero-order valence-electron chi connectivity index (χ0n) is 10.6. The monoisotopic (exact) mass is 328 g/mol. The molecule has 0 saturated carbocycles. The third-order valence-corrected chi connectivity index (χ3v) is 3.07. The van der Waals surface area contributed by atoms with E-state index >= 15 is 0 Å². The SMILES string of the molecule is CC[C@@H](CO)NC(=O)CNC(=O)c1cccc(Br)c1. The highest BCUT2D eigenvalue weighted by Crippen LogP contribution is 2.11. The molecule has 19 heavy (non-hydrogen) atoms. The fourth-order valence-electron chi connectivity index (χ4n) is 1.45. The number of halogens is 1. The van der Waals surface area contributed by atoms with E-state index in [1.807, 2.05) is 13.0 Å². The lowest BCUT2D eigenvalue weighted by Gasteiger charge is -2.14. The Balaban J connectivity index is 2.44. The van der Waals surface area contributed by atoms with Crippen molar-refractivity contribution >= 4 is 27.7 Å². The van der Waals surface area contributed by atoms with Gasteiger partial charge in [0.05, 0.1) is 19.2 Å². The molecule has 6 heteroatoms. The Hall–Kier alpha value is -1.40. The Morgan fingerprint density at radius 2 is 2.16 bits per heavy atom. The number of hydrogen-bond acceptors (Lipinski definition) is 3. The molecule has 1 aromatic carbocycles. The van der Waals surface area contributed by atoms with Crippen LogP contribution < -0.4 is 10.6 Å². The molecule has 1 atom stereocenters. The summed E-state index contributed by atoms with van der Waals surface area (Å²) in [7, 11) is 0. The summed E-state index contributed by atoms with van der Waals surface area (Å²) in [5.74, 6) is -0.627. The first-order chi connectivity index (χ1) is 9.06. The average molecular weight is 329 g/mol. The first-order valence-electron chi connectivity index (χ1n) is 6.00. The quantitative estimate of drug-likeness (QED) is 0.730. The Bertz CT molecular complexity index is 447. The first kappa shape index (κ1) is 15.7. The summed E-state index contributed by atoms with van der Waals surface area (Å²) in [4.78, 5) is 23.3. The standard InChI is InChI=1S/C13H17BrN2O3/c1-2-11(8-17)16-12(18)7-15-13(19)9-4-3-5-10(14)6-9/h3-6,11,17H,2,7-8H2,1H3,(H,15,19)(H,16,18)/t11-/m0/s1. The number of amides is 2. The second-order valence-electron chi connectivity index (χ2n) is 4.05. The Morgan fingerprint density at radius 1 is 1.42 bits per heavy atom. The second kappa shape index (κ2) is 7.91. The van der Waals surface area contributed by atoms with Crippen LogP contribution in [0.2, 0.25) is 0 Å². The number of carbonyl (C=O) groups excluding carboxylic acids is 2. The van der Waals surface area contributed by atoms with E-state index in [1.165, 1.54) is 0 Å². The maximum absolute atomic E-state index is 11.8. The van der Waals surface area contributed by atoms with Crippen LogP contribution in [0.1, 0.15) is 23.7 Å². The van der Waals surface area contributed by atoms with E-state index < -0.39 is 0 Å². The number of rotatable bonds is 6. The normalized spacial score (nSPS) is 11.7. The van der Waals surface area contributed by atoms with Crippen LogP contribution in [-0.2, 0) is 4.79 Å². The smallest absolute Gasteiger partial charge is 0.251 e. The molecule has 0 spiro atoms. The fourth-order valence-corrected chi connectivity index (χ4v) is 1.85. The van der Waals surface area contributed by atoms with E-state index in [4.69, 9.17) is 5.11 Å².